The van der Waals surface area contributed by atoms with Crippen LogP contribution in [0, 0.1) is 22.0 Å². The van der Waals surface area contributed by atoms with E-state index in [-0.39, 0.29) is 22.6 Å². The number of hydrogen-bond donors (Lipinski definition) is 1. The molecule has 0 spiro atoms. The molecule has 1 aliphatic carbocycles. The number of anilines is 1. The van der Waals surface area contributed by atoms with Gasteiger partial charge in [0.05, 0.1) is 4.92 Å². The number of nitrogens with one attached hydrogen (secondary N) is 1. The molecule has 1 heterocycles. The van der Waals surface area contributed by atoms with Crippen LogP contribution in [0.5, 0.6) is 0 Å². The van der Waals surface area contributed by atoms with Crippen molar-refractivity contribution in [1.82, 2.24) is 5.32 Å². The maximum atomic E-state index is 12.8. The summed E-state index contributed by atoms with van der Waals surface area (Å²) in [7, 11) is 0. The second-order valence-electron chi connectivity index (χ2n) is 9.42. The first kappa shape index (κ1) is 22.3. The molecule has 1 aliphatic heterocycles. The van der Waals surface area contributed by atoms with Gasteiger partial charge in [-0.1, -0.05) is 50.1 Å². The minimum atomic E-state index is -0.356. The number of hydrogen-bond acceptors (Lipinski definition) is 4. The molecule has 0 radical (unpaired) electrons. The third-order valence-corrected chi connectivity index (χ3v) is 7.18. The van der Waals surface area contributed by atoms with E-state index in [4.69, 9.17) is 0 Å². The van der Waals surface area contributed by atoms with Gasteiger partial charge in [0.2, 0.25) is 0 Å². The number of benzene rings is 2. The highest BCUT2D eigenvalue weighted by molar-refractivity contribution is 5.96. The van der Waals surface area contributed by atoms with Gasteiger partial charge in [0.1, 0.15) is 5.69 Å². The van der Waals surface area contributed by atoms with Crippen molar-refractivity contribution in [3.05, 3.63) is 69.8 Å². The minimum Gasteiger partial charge on any atom is -0.366 e. The Morgan fingerprint density at radius 1 is 1.06 bits per heavy atom. The Labute approximate surface area is 190 Å². The molecule has 6 heteroatoms. The van der Waals surface area contributed by atoms with Crippen LogP contribution in [0.2, 0.25) is 0 Å². The molecule has 1 amide bonds. The molecule has 6 nitrogen and oxygen atoms in total. The molecule has 1 saturated carbocycles. The van der Waals surface area contributed by atoms with E-state index in [1.807, 2.05) is 6.07 Å². The Hall–Kier alpha value is -2.89. The summed E-state index contributed by atoms with van der Waals surface area (Å²) in [5, 5.41) is 14.9. The summed E-state index contributed by atoms with van der Waals surface area (Å²) in [6.45, 7) is 3.75. The Kier molecular flexibility index (Phi) is 7.08. The fraction of sp³-hybridized carbons (Fsp3) is 0.500. The first-order valence-corrected chi connectivity index (χ1v) is 11.9. The lowest BCUT2D eigenvalue weighted by Crippen LogP contribution is -2.41. The standard InChI is InChI=1S/C26H33N3O3/c1-19-7-5-6-10-23(19)27-26(30)22-11-12-24(25(18-22)29(31)32)28-15-13-21(14-16-28)17-20-8-3-2-4-9-20/h2-4,8-9,11-12,18-19,21,23H,5-7,10,13-17H2,1H3,(H,27,30). The molecule has 170 valence electrons. The summed E-state index contributed by atoms with van der Waals surface area (Å²) >= 11 is 0. The van der Waals surface area contributed by atoms with Crippen molar-refractivity contribution in [3.8, 4) is 0 Å². The van der Waals surface area contributed by atoms with Crippen LogP contribution in [0.3, 0.4) is 0 Å². The normalized spacial score (nSPS) is 21.8. The van der Waals surface area contributed by atoms with Gasteiger partial charge >= 0.3 is 0 Å². The van der Waals surface area contributed by atoms with Gasteiger partial charge in [-0.15, -0.1) is 0 Å². The molecular weight excluding hydrogens is 402 g/mol. The topological polar surface area (TPSA) is 75.5 Å². The number of nitrogens with zero attached hydrogens (tertiary/aromatic N) is 2. The number of nitro benzene ring substituents is 1. The highest BCUT2D eigenvalue weighted by Crippen LogP contribution is 2.33. The Morgan fingerprint density at radius 2 is 1.78 bits per heavy atom. The third-order valence-electron chi connectivity index (χ3n) is 7.18. The number of rotatable bonds is 6. The van der Waals surface area contributed by atoms with E-state index >= 15 is 0 Å². The van der Waals surface area contributed by atoms with Crippen LogP contribution in [-0.2, 0) is 6.42 Å². The number of carbonyl (C=O) groups excluding carboxylic acids is 1. The summed E-state index contributed by atoms with van der Waals surface area (Å²) in [6.07, 6.45) is 7.48. The van der Waals surface area contributed by atoms with E-state index < -0.39 is 0 Å². The van der Waals surface area contributed by atoms with Crippen molar-refractivity contribution in [1.29, 1.82) is 0 Å². The van der Waals surface area contributed by atoms with E-state index in [2.05, 4.69) is 41.4 Å². The van der Waals surface area contributed by atoms with Crippen molar-refractivity contribution in [2.45, 2.75) is 57.9 Å². The summed E-state index contributed by atoms with van der Waals surface area (Å²) < 4.78 is 0. The van der Waals surface area contributed by atoms with Gasteiger partial charge < -0.3 is 10.2 Å². The zero-order valence-corrected chi connectivity index (χ0v) is 18.8. The molecule has 4 rings (SSSR count). The maximum Gasteiger partial charge on any atom is 0.293 e. The van der Waals surface area contributed by atoms with Crippen molar-refractivity contribution in [3.63, 3.8) is 0 Å². The van der Waals surface area contributed by atoms with Crippen LogP contribution < -0.4 is 10.2 Å². The van der Waals surface area contributed by atoms with Gasteiger partial charge in [-0.05, 0) is 61.6 Å². The molecule has 2 atom stereocenters. The zero-order valence-electron chi connectivity index (χ0n) is 18.8. The minimum absolute atomic E-state index is 0.0239. The van der Waals surface area contributed by atoms with E-state index in [9.17, 15) is 14.9 Å². The molecule has 32 heavy (non-hydrogen) atoms. The second kappa shape index (κ2) is 10.2. The number of amides is 1. The molecule has 2 fully saturated rings. The molecule has 2 aliphatic rings. The fourth-order valence-electron chi connectivity index (χ4n) is 5.19. The van der Waals surface area contributed by atoms with Crippen molar-refractivity contribution in [2.24, 2.45) is 11.8 Å². The van der Waals surface area contributed by atoms with Crippen LogP contribution in [0.4, 0.5) is 11.4 Å². The van der Waals surface area contributed by atoms with Crippen LogP contribution >= 0.6 is 0 Å². The quantitative estimate of drug-likeness (QED) is 0.489. The maximum absolute atomic E-state index is 12.8. The van der Waals surface area contributed by atoms with E-state index in [0.29, 0.717) is 23.1 Å². The van der Waals surface area contributed by atoms with Gasteiger partial charge in [-0.2, -0.15) is 0 Å². The average molecular weight is 436 g/mol. The number of piperidine rings is 1. The monoisotopic (exact) mass is 435 g/mol. The van der Waals surface area contributed by atoms with Crippen molar-refractivity contribution in [2.75, 3.05) is 18.0 Å². The lowest BCUT2D eigenvalue weighted by atomic mass is 9.86. The zero-order chi connectivity index (χ0) is 22.5. The van der Waals surface area contributed by atoms with E-state index in [1.165, 1.54) is 18.1 Å². The predicted octanol–water partition coefficient (Wildman–Crippen LogP) is 5.36. The molecule has 0 aromatic heterocycles. The summed E-state index contributed by atoms with van der Waals surface area (Å²) in [4.78, 5) is 26.4. The molecule has 2 aromatic rings. The second-order valence-corrected chi connectivity index (χ2v) is 9.42. The van der Waals surface area contributed by atoms with Gasteiger partial charge in [-0.3, -0.25) is 14.9 Å². The third kappa shape index (κ3) is 5.29. The van der Waals surface area contributed by atoms with Gasteiger partial charge in [0, 0.05) is 30.8 Å². The van der Waals surface area contributed by atoms with Crippen molar-refractivity contribution >= 4 is 17.3 Å². The first-order chi connectivity index (χ1) is 15.5. The first-order valence-electron chi connectivity index (χ1n) is 11.9. The lowest BCUT2D eigenvalue weighted by Gasteiger charge is -2.33. The lowest BCUT2D eigenvalue weighted by molar-refractivity contribution is -0.384. The Balaban J connectivity index is 1.42. The highest BCUT2D eigenvalue weighted by Gasteiger charge is 2.28. The van der Waals surface area contributed by atoms with Crippen LogP contribution in [0.15, 0.2) is 48.5 Å². The molecule has 1 N–H and O–H groups in total. The average Bonchev–Trinajstić information content (AvgIpc) is 2.81. The molecular formula is C26H33N3O3. The SMILES string of the molecule is CC1CCCCC1NC(=O)c1ccc(N2CCC(Cc3ccccc3)CC2)c([N+](=O)[O-])c1. The molecule has 2 aromatic carbocycles. The summed E-state index contributed by atoms with van der Waals surface area (Å²) in [6, 6.07) is 15.6. The summed E-state index contributed by atoms with van der Waals surface area (Å²) in [5.41, 5.74) is 2.36. The predicted molar refractivity (Wildman–Crippen MR) is 127 cm³/mol. The highest BCUT2D eigenvalue weighted by atomic mass is 16.6. The van der Waals surface area contributed by atoms with Gasteiger partial charge in [0.25, 0.3) is 11.6 Å². The largest absolute Gasteiger partial charge is 0.366 e. The van der Waals surface area contributed by atoms with Gasteiger partial charge in [-0.25, -0.2) is 0 Å². The number of nitro groups is 1. The molecule has 1 saturated heterocycles. The number of carbonyl (C=O) groups is 1. The van der Waals surface area contributed by atoms with Crippen molar-refractivity contribution < 1.29 is 9.72 Å². The van der Waals surface area contributed by atoms with Crippen LogP contribution in [0.25, 0.3) is 0 Å². The van der Waals surface area contributed by atoms with E-state index in [0.717, 1.165) is 51.6 Å². The van der Waals surface area contributed by atoms with Crippen LogP contribution in [0.1, 0.15) is 61.4 Å². The molecule has 0 bridgehead atoms. The fourth-order valence-corrected chi connectivity index (χ4v) is 5.19. The Bertz CT molecular complexity index is 939. The van der Waals surface area contributed by atoms with Crippen LogP contribution in [-0.4, -0.2) is 30.0 Å². The van der Waals surface area contributed by atoms with Gasteiger partial charge in [0.15, 0.2) is 0 Å². The Morgan fingerprint density at radius 3 is 2.47 bits per heavy atom. The van der Waals surface area contributed by atoms with E-state index in [1.54, 1.807) is 12.1 Å². The summed E-state index contributed by atoms with van der Waals surface area (Å²) in [5.74, 6) is 0.828. The molecule has 2 unspecified atom stereocenters. The smallest absolute Gasteiger partial charge is 0.293 e.